The van der Waals surface area contributed by atoms with Crippen molar-refractivity contribution in [1.82, 2.24) is 0 Å². The zero-order valence-corrected chi connectivity index (χ0v) is 15.2. The van der Waals surface area contributed by atoms with Crippen molar-refractivity contribution in [1.29, 1.82) is 5.26 Å². The Kier molecular flexibility index (Phi) is 5.24. The van der Waals surface area contributed by atoms with Crippen LogP contribution in [-0.4, -0.2) is 11.4 Å². The fourth-order valence-electron chi connectivity index (χ4n) is 2.81. The van der Waals surface area contributed by atoms with Crippen molar-refractivity contribution in [3.05, 3.63) is 96.6 Å². The Morgan fingerprint density at radius 1 is 0.800 bits per heavy atom. The largest absolute Gasteiger partial charge is 0.292 e. The summed E-state index contributed by atoms with van der Waals surface area (Å²) >= 11 is 6.10. The predicted molar refractivity (Wildman–Crippen MR) is 107 cm³/mol. The third-order valence-corrected chi connectivity index (χ3v) is 9.18. The van der Waals surface area contributed by atoms with Gasteiger partial charge in [0.25, 0.3) is 0 Å². The molecular formula is C21H16NOPS. The zero-order valence-electron chi connectivity index (χ0n) is 13.4. The highest BCUT2D eigenvalue weighted by Gasteiger charge is 2.37. The van der Waals surface area contributed by atoms with Gasteiger partial charge in [0.1, 0.15) is 5.66 Å². The Hall–Kier alpha value is -2.53. The Labute approximate surface area is 152 Å². The highest BCUT2D eigenvalue weighted by molar-refractivity contribution is 8.22. The molecular weight excluding hydrogens is 345 g/mol. The van der Waals surface area contributed by atoms with Crippen molar-refractivity contribution in [3.8, 4) is 6.07 Å². The molecule has 0 amide bonds. The van der Waals surface area contributed by atoms with Gasteiger partial charge in [-0.3, -0.25) is 4.79 Å². The summed E-state index contributed by atoms with van der Waals surface area (Å²) in [6.45, 7) is 0. The lowest BCUT2D eigenvalue weighted by Crippen LogP contribution is -2.30. The van der Waals surface area contributed by atoms with Crippen molar-refractivity contribution < 1.29 is 4.79 Å². The topological polar surface area (TPSA) is 40.9 Å². The second-order valence-corrected chi connectivity index (χ2v) is 10.2. The van der Waals surface area contributed by atoms with Crippen LogP contribution < -0.4 is 10.6 Å². The van der Waals surface area contributed by atoms with Gasteiger partial charge < -0.3 is 0 Å². The van der Waals surface area contributed by atoms with Gasteiger partial charge in [-0.2, -0.15) is 5.26 Å². The molecule has 1 atom stereocenters. The Morgan fingerprint density at radius 2 is 1.20 bits per heavy atom. The number of hydrogen-bond acceptors (Lipinski definition) is 3. The number of ketones is 1. The first-order valence-electron chi connectivity index (χ1n) is 7.88. The maximum atomic E-state index is 13.1. The van der Waals surface area contributed by atoms with E-state index in [4.69, 9.17) is 11.8 Å². The van der Waals surface area contributed by atoms with E-state index >= 15 is 0 Å². The molecule has 122 valence electrons. The molecule has 0 saturated heterocycles. The minimum atomic E-state index is -2.63. The number of carbonyl (C=O) groups excluding carboxylic acids is 1. The molecule has 0 saturated carbocycles. The quantitative estimate of drug-likeness (QED) is 0.511. The predicted octanol–water partition coefficient (Wildman–Crippen LogP) is 3.89. The van der Waals surface area contributed by atoms with Crippen LogP contribution in [-0.2, 0) is 11.8 Å². The highest BCUT2D eigenvalue weighted by atomic mass is 32.4. The van der Waals surface area contributed by atoms with Crippen molar-refractivity contribution >= 4 is 34.2 Å². The van der Waals surface area contributed by atoms with Gasteiger partial charge in [-0.15, -0.1) is 0 Å². The van der Waals surface area contributed by atoms with Gasteiger partial charge >= 0.3 is 0 Å². The fourth-order valence-corrected chi connectivity index (χ4v) is 6.74. The number of nitriles is 1. The number of Topliss-reactive ketones (excluding diaryl/α,β-unsaturated/α-hetero) is 1. The van der Waals surface area contributed by atoms with E-state index < -0.39 is 11.7 Å². The molecule has 0 aliphatic carbocycles. The van der Waals surface area contributed by atoms with Crippen LogP contribution in [0.15, 0.2) is 91.0 Å². The SMILES string of the molecule is N#CC(C(=O)c1ccccc1)P(=S)(c1ccccc1)c1ccccc1. The van der Waals surface area contributed by atoms with Crippen LogP contribution >= 0.6 is 6.04 Å². The summed E-state index contributed by atoms with van der Waals surface area (Å²) < 4.78 is 0. The number of nitrogens with zero attached hydrogens (tertiary/aromatic N) is 1. The Bertz CT molecular complexity index is 906. The number of rotatable bonds is 5. The van der Waals surface area contributed by atoms with Gasteiger partial charge in [-0.25, -0.2) is 0 Å². The highest BCUT2D eigenvalue weighted by Crippen LogP contribution is 2.49. The summed E-state index contributed by atoms with van der Waals surface area (Å²) in [7, 11) is 0. The van der Waals surface area contributed by atoms with Crippen molar-refractivity contribution in [2.24, 2.45) is 0 Å². The Balaban J connectivity index is 2.19. The van der Waals surface area contributed by atoms with Gasteiger partial charge in [0.05, 0.1) is 6.07 Å². The van der Waals surface area contributed by atoms with Crippen molar-refractivity contribution in [2.45, 2.75) is 5.66 Å². The van der Waals surface area contributed by atoms with Crippen LogP contribution in [0.2, 0.25) is 0 Å². The lowest BCUT2D eigenvalue weighted by Gasteiger charge is -2.27. The minimum absolute atomic E-state index is 0.209. The molecule has 0 bridgehead atoms. The van der Waals surface area contributed by atoms with E-state index in [1.807, 2.05) is 66.7 Å². The van der Waals surface area contributed by atoms with Gasteiger partial charge in [-0.1, -0.05) is 103 Å². The van der Waals surface area contributed by atoms with Crippen LogP contribution in [0.4, 0.5) is 0 Å². The fraction of sp³-hybridized carbons (Fsp3) is 0.0476. The van der Waals surface area contributed by atoms with E-state index in [1.54, 1.807) is 24.3 Å². The van der Waals surface area contributed by atoms with Crippen molar-refractivity contribution in [2.75, 3.05) is 0 Å². The Morgan fingerprint density at radius 3 is 1.60 bits per heavy atom. The molecule has 4 heteroatoms. The molecule has 0 aromatic heterocycles. The summed E-state index contributed by atoms with van der Waals surface area (Å²) in [5.41, 5.74) is -0.371. The average molecular weight is 361 g/mol. The monoisotopic (exact) mass is 361 g/mol. The van der Waals surface area contributed by atoms with E-state index in [0.29, 0.717) is 5.56 Å². The van der Waals surface area contributed by atoms with Gasteiger partial charge in [0.2, 0.25) is 0 Å². The third kappa shape index (κ3) is 3.33. The molecule has 0 N–H and O–H groups in total. The first kappa shape index (κ1) is 17.3. The van der Waals surface area contributed by atoms with Gasteiger partial charge in [-0.05, 0) is 10.6 Å². The minimum Gasteiger partial charge on any atom is -0.292 e. The van der Waals surface area contributed by atoms with E-state index in [9.17, 15) is 10.1 Å². The molecule has 0 heterocycles. The first-order chi connectivity index (χ1) is 12.2. The van der Waals surface area contributed by atoms with Crippen LogP contribution in [0.1, 0.15) is 10.4 Å². The number of carbonyl (C=O) groups is 1. The molecule has 0 radical (unpaired) electrons. The molecule has 1 unspecified atom stereocenters. The van der Waals surface area contributed by atoms with E-state index in [2.05, 4.69) is 6.07 Å². The average Bonchev–Trinajstić information content (AvgIpc) is 2.70. The molecule has 3 aromatic rings. The molecule has 0 aliphatic rings. The molecule has 0 spiro atoms. The summed E-state index contributed by atoms with van der Waals surface area (Å²) in [5.74, 6) is -0.209. The van der Waals surface area contributed by atoms with E-state index in [0.717, 1.165) is 10.6 Å². The standard InChI is InChI=1S/C21H16NOPS/c22-16-20(21(23)17-10-4-1-5-11-17)24(25,18-12-6-2-7-13-18)19-14-8-3-9-15-19/h1-15,20H. The second-order valence-electron chi connectivity index (χ2n) is 5.59. The van der Waals surface area contributed by atoms with Crippen LogP contribution in [0.25, 0.3) is 0 Å². The second kappa shape index (κ2) is 7.57. The summed E-state index contributed by atoms with van der Waals surface area (Å²) in [4.78, 5) is 13.1. The van der Waals surface area contributed by atoms with Gasteiger partial charge in [0.15, 0.2) is 5.78 Å². The van der Waals surface area contributed by atoms with Crippen LogP contribution in [0.3, 0.4) is 0 Å². The molecule has 2 nitrogen and oxygen atoms in total. The van der Waals surface area contributed by atoms with E-state index in [-0.39, 0.29) is 5.78 Å². The summed E-state index contributed by atoms with van der Waals surface area (Å²) in [5, 5.41) is 11.7. The first-order valence-corrected chi connectivity index (χ1v) is 10.7. The number of benzene rings is 3. The molecule has 3 aromatic carbocycles. The van der Waals surface area contributed by atoms with E-state index in [1.165, 1.54) is 0 Å². The summed E-state index contributed by atoms with van der Waals surface area (Å²) in [6, 6.07) is 27.7. The molecule has 0 aliphatic heterocycles. The van der Waals surface area contributed by atoms with Crippen LogP contribution in [0.5, 0.6) is 0 Å². The number of hydrogen-bond donors (Lipinski definition) is 0. The molecule has 3 rings (SSSR count). The molecule has 0 fully saturated rings. The smallest absolute Gasteiger partial charge is 0.185 e. The zero-order chi connectivity index (χ0) is 17.7. The maximum absolute atomic E-state index is 13.1. The third-order valence-electron chi connectivity index (χ3n) is 4.07. The van der Waals surface area contributed by atoms with Crippen molar-refractivity contribution in [3.63, 3.8) is 0 Å². The summed E-state index contributed by atoms with van der Waals surface area (Å²) in [6.07, 6.45) is 0. The molecule has 25 heavy (non-hydrogen) atoms. The lowest BCUT2D eigenvalue weighted by atomic mass is 10.1. The van der Waals surface area contributed by atoms with Gasteiger partial charge in [0, 0.05) is 11.6 Å². The van der Waals surface area contributed by atoms with Crippen LogP contribution in [0, 0.1) is 11.3 Å². The lowest BCUT2D eigenvalue weighted by molar-refractivity contribution is 0.100. The normalized spacial score (nSPS) is 12.1. The maximum Gasteiger partial charge on any atom is 0.185 e.